The molecule has 1 aromatic rings. The van der Waals surface area contributed by atoms with Crippen LogP contribution in [0, 0.1) is 6.92 Å². The summed E-state index contributed by atoms with van der Waals surface area (Å²) in [6.45, 7) is 3.56. The lowest BCUT2D eigenvalue weighted by Crippen LogP contribution is -2.42. The summed E-state index contributed by atoms with van der Waals surface area (Å²) in [5.74, 6) is -1.07. The molecule has 1 atom stereocenters. The first-order chi connectivity index (χ1) is 8.43. The van der Waals surface area contributed by atoms with Gasteiger partial charge in [-0.05, 0) is 31.0 Å². The van der Waals surface area contributed by atoms with Crippen molar-refractivity contribution in [2.45, 2.75) is 26.3 Å². The van der Waals surface area contributed by atoms with Crippen LogP contribution in [0.5, 0.6) is 0 Å². The van der Waals surface area contributed by atoms with Gasteiger partial charge in [0.15, 0.2) is 0 Å². The van der Waals surface area contributed by atoms with Gasteiger partial charge >= 0.3 is 12.0 Å². The van der Waals surface area contributed by atoms with Crippen LogP contribution in [0.1, 0.15) is 18.9 Å². The van der Waals surface area contributed by atoms with Crippen LogP contribution in [0.15, 0.2) is 18.2 Å². The molecule has 3 N–H and O–H groups in total. The van der Waals surface area contributed by atoms with E-state index in [1.165, 1.54) is 0 Å². The van der Waals surface area contributed by atoms with Crippen LogP contribution < -0.4 is 10.6 Å². The molecule has 1 aromatic carbocycles. The summed E-state index contributed by atoms with van der Waals surface area (Å²) in [6, 6.07) is 3.69. The quantitative estimate of drug-likeness (QED) is 0.787. The lowest BCUT2D eigenvalue weighted by atomic mass is 10.2. The zero-order valence-electron chi connectivity index (χ0n) is 10.2. The largest absolute Gasteiger partial charge is 0.480 e. The van der Waals surface area contributed by atoms with Gasteiger partial charge in [-0.15, -0.1) is 0 Å². The van der Waals surface area contributed by atoms with E-state index in [0.29, 0.717) is 17.1 Å². The number of aliphatic carboxylic acids is 1. The molecule has 98 valence electrons. The zero-order valence-corrected chi connectivity index (χ0v) is 10.9. The highest BCUT2D eigenvalue weighted by Crippen LogP contribution is 2.22. The van der Waals surface area contributed by atoms with Crippen molar-refractivity contribution in [3.63, 3.8) is 0 Å². The predicted molar refractivity (Wildman–Crippen MR) is 70.1 cm³/mol. The Morgan fingerprint density at radius 3 is 2.61 bits per heavy atom. The second kappa shape index (κ2) is 6.26. The molecule has 1 rings (SSSR count). The van der Waals surface area contributed by atoms with Crippen LogP contribution in [0.25, 0.3) is 0 Å². The van der Waals surface area contributed by atoms with E-state index in [1.54, 1.807) is 25.1 Å². The number of aryl methyl sites for hydroxylation is 1. The number of rotatable bonds is 4. The van der Waals surface area contributed by atoms with Gasteiger partial charge in [0, 0.05) is 0 Å². The molecule has 0 bridgehead atoms. The van der Waals surface area contributed by atoms with Crippen molar-refractivity contribution in [2.24, 2.45) is 0 Å². The van der Waals surface area contributed by atoms with Crippen molar-refractivity contribution in [1.29, 1.82) is 0 Å². The van der Waals surface area contributed by atoms with Crippen molar-refractivity contribution < 1.29 is 14.7 Å². The minimum absolute atomic E-state index is 0.310. The molecule has 5 nitrogen and oxygen atoms in total. The molecule has 2 amide bonds. The number of nitrogens with one attached hydrogen (secondary N) is 2. The Morgan fingerprint density at radius 2 is 2.11 bits per heavy atom. The lowest BCUT2D eigenvalue weighted by Gasteiger charge is -2.14. The van der Waals surface area contributed by atoms with Gasteiger partial charge in [-0.2, -0.15) is 0 Å². The first kappa shape index (κ1) is 14.3. The summed E-state index contributed by atoms with van der Waals surface area (Å²) in [5, 5.41) is 14.1. The summed E-state index contributed by atoms with van der Waals surface area (Å²) in [5.41, 5.74) is 1.42. The lowest BCUT2D eigenvalue weighted by molar-refractivity contribution is -0.139. The fourth-order valence-corrected chi connectivity index (χ4v) is 1.66. The highest BCUT2D eigenvalue weighted by Gasteiger charge is 2.17. The molecule has 0 saturated carbocycles. The third-order valence-corrected chi connectivity index (χ3v) is 2.70. The molecule has 6 heteroatoms. The number of hydrogen-bond donors (Lipinski definition) is 3. The van der Waals surface area contributed by atoms with E-state index in [9.17, 15) is 9.59 Å². The van der Waals surface area contributed by atoms with Crippen molar-refractivity contribution in [3.8, 4) is 0 Å². The normalized spacial score (nSPS) is 11.7. The minimum atomic E-state index is -1.07. The van der Waals surface area contributed by atoms with Crippen LogP contribution in [0.4, 0.5) is 10.5 Å². The van der Waals surface area contributed by atoms with Crippen molar-refractivity contribution in [3.05, 3.63) is 28.8 Å². The Morgan fingerprint density at radius 1 is 1.44 bits per heavy atom. The topological polar surface area (TPSA) is 78.4 Å². The van der Waals surface area contributed by atoms with Gasteiger partial charge in [-0.25, -0.2) is 9.59 Å². The van der Waals surface area contributed by atoms with Gasteiger partial charge in [-0.3, -0.25) is 0 Å². The van der Waals surface area contributed by atoms with E-state index in [1.807, 2.05) is 6.92 Å². The van der Waals surface area contributed by atoms with E-state index in [0.717, 1.165) is 5.56 Å². The maximum atomic E-state index is 11.6. The average Bonchev–Trinajstić information content (AvgIpc) is 2.29. The first-order valence-electron chi connectivity index (χ1n) is 5.50. The molecule has 0 fully saturated rings. The number of benzene rings is 1. The molecule has 0 saturated heterocycles. The number of anilines is 1. The highest BCUT2D eigenvalue weighted by molar-refractivity contribution is 6.33. The van der Waals surface area contributed by atoms with Crippen LogP contribution in [0.3, 0.4) is 0 Å². The summed E-state index contributed by atoms with van der Waals surface area (Å²) in [7, 11) is 0. The Bertz CT molecular complexity index is 463. The Balaban J connectivity index is 2.67. The standard InChI is InChI=1S/C12H15ClN2O3/c1-3-9(11(16)17)14-12(18)15-10-5-4-7(2)6-8(10)13/h4-6,9H,3H2,1-2H3,(H,16,17)(H2,14,15,18). The molecule has 0 aliphatic heterocycles. The van der Waals surface area contributed by atoms with Gasteiger partial charge in [0.25, 0.3) is 0 Å². The molecule has 18 heavy (non-hydrogen) atoms. The van der Waals surface area contributed by atoms with E-state index in [2.05, 4.69) is 10.6 Å². The fourth-order valence-electron chi connectivity index (χ4n) is 1.38. The SMILES string of the molecule is CCC(NC(=O)Nc1ccc(C)cc1Cl)C(=O)O. The third-order valence-electron chi connectivity index (χ3n) is 2.38. The number of carbonyl (C=O) groups is 2. The van der Waals surface area contributed by atoms with Crippen LogP contribution in [-0.2, 0) is 4.79 Å². The molecule has 0 aromatic heterocycles. The molecular weight excluding hydrogens is 256 g/mol. The van der Waals surface area contributed by atoms with Gasteiger partial charge < -0.3 is 15.7 Å². The second-order valence-electron chi connectivity index (χ2n) is 3.88. The van der Waals surface area contributed by atoms with Crippen LogP contribution >= 0.6 is 11.6 Å². The number of hydrogen-bond acceptors (Lipinski definition) is 2. The van der Waals surface area contributed by atoms with Gasteiger partial charge in [-0.1, -0.05) is 24.6 Å². The van der Waals surface area contributed by atoms with Crippen molar-refractivity contribution in [1.82, 2.24) is 5.32 Å². The first-order valence-corrected chi connectivity index (χ1v) is 5.88. The molecule has 0 aliphatic carbocycles. The molecule has 0 heterocycles. The maximum absolute atomic E-state index is 11.6. The van der Waals surface area contributed by atoms with E-state index in [-0.39, 0.29) is 0 Å². The second-order valence-corrected chi connectivity index (χ2v) is 4.29. The van der Waals surface area contributed by atoms with Gasteiger partial charge in [0.05, 0.1) is 10.7 Å². The summed E-state index contributed by atoms with van der Waals surface area (Å²) < 4.78 is 0. The Labute approximate surface area is 110 Å². The number of carboxylic acids is 1. The minimum Gasteiger partial charge on any atom is -0.480 e. The molecule has 0 spiro atoms. The van der Waals surface area contributed by atoms with Gasteiger partial charge in [0.2, 0.25) is 0 Å². The van der Waals surface area contributed by atoms with Crippen LogP contribution in [0.2, 0.25) is 5.02 Å². The van der Waals surface area contributed by atoms with E-state index < -0.39 is 18.0 Å². The number of amides is 2. The molecule has 0 radical (unpaired) electrons. The Kier molecular flexibility index (Phi) is 4.97. The van der Waals surface area contributed by atoms with Crippen LogP contribution in [-0.4, -0.2) is 23.1 Å². The number of halogens is 1. The summed E-state index contributed by atoms with van der Waals surface area (Å²) in [6.07, 6.45) is 0.310. The van der Waals surface area contributed by atoms with E-state index in [4.69, 9.17) is 16.7 Å². The zero-order chi connectivity index (χ0) is 13.7. The van der Waals surface area contributed by atoms with Crippen molar-refractivity contribution in [2.75, 3.05) is 5.32 Å². The third kappa shape index (κ3) is 3.92. The monoisotopic (exact) mass is 270 g/mol. The predicted octanol–water partition coefficient (Wildman–Crippen LogP) is 2.63. The number of urea groups is 1. The smallest absolute Gasteiger partial charge is 0.326 e. The fraction of sp³-hybridized carbons (Fsp3) is 0.333. The summed E-state index contributed by atoms with van der Waals surface area (Å²) >= 11 is 5.95. The summed E-state index contributed by atoms with van der Waals surface area (Å²) in [4.78, 5) is 22.3. The maximum Gasteiger partial charge on any atom is 0.326 e. The molecule has 1 unspecified atom stereocenters. The Hall–Kier alpha value is -1.75. The molecule has 0 aliphatic rings. The average molecular weight is 271 g/mol. The number of carboxylic acid groups (broad SMARTS) is 1. The van der Waals surface area contributed by atoms with Crippen molar-refractivity contribution >= 4 is 29.3 Å². The highest BCUT2D eigenvalue weighted by atomic mass is 35.5. The van der Waals surface area contributed by atoms with Gasteiger partial charge in [0.1, 0.15) is 6.04 Å². The number of carbonyl (C=O) groups excluding carboxylic acids is 1. The molecular formula is C12H15ClN2O3. The van der Waals surface area contributed by atoms with E-state index >= 15 is 0 Å².